The van der Waals surface area contributed by atoms with Crippen molar-refractivity contribution in [2.24, 2.45) is 0 Å². The normalized spacial score (nSPS) is 10.7. The van der Waals surface area contributed by atoms with Crippen LogP contribution in [0, 0.1) is 0 Å². The summed E-state index contributed by atoms with van der Waals surface area (Å²) in [5.41, 5.74) is 0.474. The highest BCUT2D eigenvalue weighted by molar-refractivity contribution is 6.20. The van der Waals surface area contributed by atoms with Crippen LogP contribution in [0.5, 0.6) is 5.88 Å². The van der Waals surface area contributed by atoms with Gasteiger partial charge in [-0.3, -0.25) is 14.2 Å². The number of carboxylic acids is 1. The van der Waals surface area contributed by atoms with E-state index in [1.54, 1.807) is 30.3 Å². The fraction of sp³-hybridized carbons (Fsp3) is 0.0556. The van der Waals surface area contributed by atoms with Gasteiger partial charge in [-0.05, 0) is 12.1 Å². The van der Waals surface area contributed by atoms with E-state index in [0.717, 1.165) is 4.57 Å². The quantitative estimate of drug-likeness (QED) is 0.722. The molecule has 0 amide bonds. The number of fused-ring (bicyclic) bond motifs is 1. The number of nitrogens with zero attached hydrogens (tertiary/aromatic N) is 1. The summed E-state index contributed by atoms with van der Waals surface area (Å²) in [6, 6.07) is 12.4. The van der Waals surface area contributed by atoms with Crippen molar-refractivity contribution in [3.63, 3.8) is 0 Å². The van der Waals surface area contributed by atoms with Crippen molar-refractivity contribution in [1.29, 1.82) is 0 Å². The fourth-order valence-electron chi connectivity index (χ4n) is 2.68. The molecule has 2 aromatic carbocycles. The number of carbonyl (C=O) groups excluding carboxylic acids is 2. The van der Waals surface area contributed by atoms with Gasteiger partial charge in [-0.2, -0.15) is 0 Å². The standard InChI is InChI=1S/C18H13NO5/c1-10(20)19-14-9-12(18(23)24)7-8-13(14)15(17(19)22)16(21)11-5-3-2-4-6-11/h2-9,22H,1H3,(H,23,24). The molecule has 0 bridgehead atoms. The first kappa shape index (κ1) is 15.5. The third-order valence-electron chi connectivity index (χ3n) is 3.77. The SMILES string of the molecule is CC(=O)n1c(O)c(C(=O)c2ccccc2)c2ccc(C(=O)O)cc21. The first-order chi connectivity index (χ1) is 11.4. The molecule has 0 saturated heterocycles. The molecule has 120 valence electrons. The van der Waals surface area contributed by atoms with Gasteiger partial charge in [0.05, 0.1) is 16.6 Å². The molecule has 0 saturated carbocycles. The van der Waals surface area contributed by atoms with Crippen molar-refractivity contribution < 1.29 is 24.6 Å². The molecule has 24 heavy (non-hydrogen) atoms. The van der Waals surface area contributed by atoms with Crippen molar-refractivity contribution in [1.82, 2.24) is 4.57 Å². The van der Waals surface area contributed by atoms with Gasteiger partial charge in [0.1, 0.15) is 0 Å². The fourth-order valence-corrected chi connectivity index (χ4v) is 2.68. The smallest absolute Gasteiger partial charge is 0.335 e. The molecule has 3 aromatic rings. The van der Waals surface area contributed by atoms with Crippen LogP contribution < -0.4 is 0 Å². The van der Waals surface area contributed by atoms with Crippen LogP contribution in [0.15, 0.2) is 48.5 Å². The summed E-state index contributed by atoms with van der Waals surface area (Å²) >= 11 is 0. The third-order valence-corrected chi connectivity index (χ3v) is 3.77. The molecule has 0 spiro atoms. The minimum Gasteiger partial charge on any atom is -0.494 e. The maximum Gasteiger partial charge on any atom is 0.335 e. The van der Waals surface area contributed by atoms with Gasteiger partial charge in [0.25, 0.3) is 0 Å². The number of aromatic nitrogens is 1. The summed E-state index contributed by atoms with van der Waals surface area (Å²) in [5.74, 6) is -2.62. The van der Waals surface area contributed by atoms with Gasteiger partial charge in [0, 0.05) is 17.9 Å². The Kier molecular flexibility index (Phi) is 3.65. The maximum absolute atomic E-state index is 12.7. The molecule has 0 radical (unpaired) electrons. The van der Waals surface area contributed by atoms with Crippen LogP contribution >= 0.6 is 0 Å². The second-order valence-electron chi connectivity index (χ2n) is 5.29. The van der Waals surface area contributed by atoms with Crippen LogP contribution in [0.4, 0.5) is 0 Å². The molecular weight excluding hydrogens is 310 g/mol. The van der Waals surface area contributed by atoms with Gasteiger partial charge in [-0.25, -0.2) is 4.79 Å². The zero-order chi connectivity index (χ0) is 17.4. The number of aromatic carboxylic acids is 1. The predicted molar refractivity (Wildman–Crippen MR) is 86.7 cm³/mol. The molecule has 0 unspecified atom stereocenters. The van der Waals surface area contributed by atoms with E-state index in [1.807, 2.05) is 0 Å². The number of rotatable bonds is 3. The first-order valence-corrected chi connectivity index (χ1v) is 7.13. The maximum atomic E-state index is 12.7. The Bertz CT molecular complexity index is 986. The molecule has 0 fully saturated rings. The van der Waals surface area contributed by atoms with Crippen LogP contribution in [-0.2, 0) is 0 Å². The van der Waals surface area contributed by atoms with Gasteiger partial charge in [0.15, 0.2) is 5.78 Å². The number of benzene rings is 2. The van der Waals surface area contributed by atoms with E-state index in [-0.39, 0.29) is 16.6 Å². The van der Waals surface area contributed by atoms with E-state index in [2.05, 4.69) is 0 Å². The third kappa shape index (κ3) is 2.34. The lowest BCUT2D eigenvalue weighted by atomic mass is 10.0. The van der Waals surface area contributed by atoms with Crippen LogP contribution in [0.1, 0.15) is 38.0 Å². The van der Waals surface area contributed by atoms with Crippen molar-refractivity contribution in [3.8, 4) is 5.88 Å². The molecule has 0 aliphatic carbocycles. The zero-order valence-electron chi connectivity index (χ0n) is 12.7. The van der Waals surface area contributed by atoms with Crippen LogP contribution in [0.25, 0.3) is 10.9 Å². The number of carboxylic acid groups (broad SMARTS) is 1. The Morgan fingerprint density at radius 3 is 2.21 bits per heavy atom. The highest BCUT2D eigenvalue weighted by Crippen LogP contribution is 2.33. The lowest BCUT2D eigenvalue weighted by molar-refractivity contribution is 0.0696. The van der Waals surface area contributed by atoms with Crippen molar-refractivity contribution in [2.45, 2.75) is 6.92 Å². The van der Waals surface area contributed by atoms with Gasteiger partial charge < -0.3 is 10.2 Å². The number of aromatic hydroxyl groups is 1. The summed E-state index contributed by atoms with van der Waals surface area (Å²) in [4.78, 5) is 35.8. The second-order valence-corrected chi connectivity index (χ2v) is 5.29. The zero-order valence-corrected chi connectivity index (χ0v) is 12.7. The molecule has 3 rings (SSSR count). The summed E-state index contributed by atoms with van der Waals surface area (Å²) in [6.07, 6.45) is 0. The summed E-state index contributed by atoms with van der Waals surface area (Å²) in [5, 5.41) is 19.9. The highest BCUT2D eigenvalue weighted by atomic mass is 16.4. The van der Waals surface area contributed by atoms with Crippen LogP contribution in [0.3, 0.4) is 0 Å². The largest absolute Gasteiger partial charge is 0.494 e. The highest BCUT2D eigenvalue weighted by Gasteiger charge is 2.25. The first-order valence-electron chi connectivity index (χ1n) is 7.13. The van der Waals surface area contributed by atoms with E-state index in [0.29, 0.717) is 10.9 Å². The molecule has 0 aliphatic rings. The lowest BCUT2D eigenvalue weighted by Crippen LogP contribution is -2.06. The Morgan fingerprint density at radius 1 is 0.958 bits per heavy atom. The molecule has 6 nitrogen and oxygen atoms in total. The Balaban J connectivity index is 2.33. The molecule has 2 N–H and O–H groups in total. The Hall–Kier alpha value is -3.41. The van der Waals surface area contributed by atoms with Crippen molar-refractivity contribution in [2.75, 3.05) is 0 Å². The average molecular weight is 323 g/mol. The Labute approximate surface area is 136 Å². The summed E-state index contributed by atoms with van der Waals surface area (Å²) < 4.78 is 0.942. The van der Waals surface area contributed by atoms with Crippen LogP contribution in [-0.4, -0.2) is 32.4 Å². The number of hydrogen-bond donors (Lipinski definition) is 2. The van der Waals surface area contributed by atoms with Gasteiger partial charge in [-0.15, -0.1) is 0 Å². The monoisotopic (exact) mass is 323 g/mol. The lowest BCUT2D eigenvalue weighted by Gasteiger charge is -2.02. The topological polar surface area (TPSA) is 96.6 Å². The minimum absolute atomic E-state index is 0.0247. The average Bonchev–Trinajstić information content (AvgIpc) is 2.86. The van der Waals surface area contributed by atoms with E-state index in [1.165, 1.54) is 25.1 Å². The molecule has 0 aliphatic heterocycles. The van der Waals surface area contributed by atoms with Crippen molar-refractivity contribution >= 4 is 28.6 Å². The van der Waals surface area contributed by atoms with Crippen molar-refractivity contribution in [3.05, 3.63) is 65.2 Å². The number of carbonyl (C=O) groups is 3. The van der Waals surface area contributed by atoms with E-state index < -0.39 is 23.5 Å². The van der Waals surface area contributed by atoms with Gasteiger partial charge >= 0.3 is 5.97 Å². The molecular formula is C18H13NO5. The predicted octanol–water partition coefficient (Wildman–Crippen LogP) is 2.94. The summed E-state index contributed by atoms with van der Waals surface area (Å²) in [7, 11) is 0. The van der Waals surface area contributed by atoms with E-state index >= 15 is 0 Å². The summed E-state index contributed by atoms with van der Waals surface area (Å²) in [6.45, 7) is 1.23. The van der Waals surface area contributed by atoms with E-state index in [4.69, 9.17) is 5.11 Å². The van der Waals surface area contributed by atoms with Gasteiger partial charge in [0.2, 0.25) is 11.8 Å². The van der Waals surface area contributed by atoms with Crippen LogP contribution in [0.2, 0.25) is 0 Å². The molecule has 1 aromatic heterocycles. The molecule has 1 heterocycles. The minimum atomic E-state index is -1.16. The molecule has 6 heteroatoms. The van der Waals surface area contributed by atoms with Gasteiger partial charge in [-0.1, -0.05) is 36.4 Å². The second kappa shape index (κ2) is 5.66. The Morgan fingerprint density at radius 2 is 1.62 bits per heavy atom. The van der Waals surface area contributed by atoms with E-state index in [9.17, 15) is 19.5 Å². The number of hydrogen-bond acceptors (Lipinski definition) is 4. The molecule has 0 atom stereocenters. The number of ketones is 1.